The summed E-state index contributed by atoms with van der Waals surface area (Å²) in [7, 11) is 0. The van der Waals surface area contributed by atoms with E-state index in [9.17, 15) is 18.3 Å². The van der Waals surface area contributed by atoms with E-state index in [1.165, 1.54) is 0 Å². The molecule has 0 aromatic heterocycles. The molecule has 1 aromatic rings. The summed E-state index contributed by atoms with van der Waals surface area (Å²) in [6.45, 7) is 0.456. The van der Waals surface area contributed by atoms with Crippen molar-refractivity contribution in [2.75, 3.05) is 13.3 Å². The molecule has 1 heterocycles. The monoisotopic (exact) mass is 328 g/mol. The van der Waals surface area contributed by atoms with Crippen LogP contribution in [0.25, 0.3) is 0 Å². The molecule has 1 aliphatic carbocycles. The van der Waals surface area contributed by atoms with Gasteiger partial charge in [0, 0.05) is 5.56 Å². The highest BCUT2D eigenvalue weighted by atomic mass is 19.4. The van der Waals surface area contributed by atoms with Crippen molar-refractivity contribution < 1.29 is 23.0 Å². The van der Waals surface area contributed by atoms with Crippen LogP contribution in [0.15, 0.2) is 23.3 Å². The van der Waals surface area contributed by atoms with Gasteiger partial charge in [0.15, 0.2) is 0 Å². The molecule has 23 heavy (non-hydrogen) atoms. The van der Waals surface area contributed by atoms with Crippen LogP contribution in [0.5, 0.6) is 0 Å². The van der Waals surface area contributed by atoms with Gasteiger partial charge in [-0.2, -0.15) is 18.3 Å². The van der Waals surface area contributed by atoms with Crippen LogP contribution in [0.2, 0.25) is 0 Å². The Morgan fingerprint density at radius 2 is 1.91 bits per heavy atom. The van der Waals surface area contributed by atoms with Crippen LogP contribution < -0.4 is 5.43 Å². The van der Waals surface area contributed by atoms with Crippen molar-refractivity contribution in [1.29, 1.82) is 0 Å². The van der Waals surface area contributed by atoms with Gasteiger partial charge in [0.25, 0.3) is 0 Å². The van der Waals surface area contributed by atoms with Gasteiger partial charge >= 0.3 is 6.18 Å². The summed E-state index contributed by atoms with van der Waals surface area (Å²) in [6.07, 6.45) is -2.54. The van der Waals surface area contributed by atoms with Crippen molar-refractivity contribution >= 4 is 5.71 Å². The summed E-state index contributed by atoms with van der Waals surface area (Å²) in [5.41, 5.74) is 3.23. The van der Waals surface area contributed by atoms with E-state index >= 15 is 0 Å². The van der Waals surface area contributed by atoms with Crippen molar-refractivity contribution in [3.8, 4) is 0 Å². The standard InChI is InChI=1S/C16H19F3N2O2/c17-16(18,19)14-7-11(15-8-23-9-20-21-15)3-6-13(14)10-1-4-12(22)5-2-10/h3,6-7,10,12,20,22H,1-2,4-5,8-9H2/t10-,12-. The fraction of sp³-hybridized carbons (Fsp3) is 0.562. The third-order valence-corrected chi connectivity index (χ3v) is 4.45. The molecule has 1 aliphatic heterocycles. The molecule has 1 saturated carbocycles. The van der Waals surface area contributed by atoms with Crippen molar-refractivity contribution in [2.45, 2.75) is 43.9 Å². The number of nitrogens with one attached hydrogen (secondary N) is 1. The molecule has 0 unspecified atom stereocenters. The van der Waals surface area contributed by atoms with E-state index in [1.807, 2.05) is 0 Å². The van der Waals surface area contributed by atoms with Crippen molar-refractivity contribution in [3.63, 3.8) is 0 Å². The van der Waals surface area contributed by atoms with Gasteiger partial charge in [0.2, 0.25) is 0 Å². The summed E-state index contributed by atoms with van der Waals surface area (Å²) in [4.78, 5) is 0. The molecule has 7 heteroatoms. The van der Waals surface area contributed by atoms with Gasteiger partial charge < -0.3 is 9.84 Å². The number of hydrogen-bond donors (Lipinski definition) is 2. The lowest BCUT2D eigenvalue weighted by molar-refractivity contribution is -0.138. The average Bonchev–Trinajstić information content (AvgIpc) is 2.55. The molecule has 3 rings (SSSR count). The van der Waals surface area contributed by atoms with Crippen LogP contribution in [0.4, 0.5) is 13.2 Å². The van der Waals surface area contributed by atoms with E-state index < -0.39 is 11.7 Å². The highest BCUT2D eigenvalue weighted by molar-refractivity contribution is 6.01. The van der Waals surface area contributed by atoms with Crippen LogP contribution in [-0.2, 0) is 10.9 Å². The molecule has 1 fully saturated rings. The first-order valence-electron chi connectivity index (χ1n) is 7.72. The van der Waals surface area contributed by atoms with Crippen LogP contribution in [0.1, 0.15) is 48.3 Å². The molecular formula is C16H19F3N2O2. The molecule has 0 amide bonds. The number of rotatable bonds is 2. The molecule has 2 N–H and O–H groups in total. The number of aliphatic hydroxyl groups excluding tert-OH is 1. The first-order valence-corrected chi connectivity index (χ1v) is 7.72. The minimum absolute atomic E-state index is 0.160. The number of alkyl halides is 3. The highest BCUT2D eigenvalue weighted by Crippen LogP contribution is 2.41. The Morgan fingerprint density at radius 1 is 1.17 bits per heavy atom. The zero-order chi connectivity index (χ0) is 16.4. The number of ether oxygens (including phenoxy) is 1. The number of hydrazone groups is 1. The Bertz CT molecular complexity index is 593. The minimum atomic E-state index is -4.41. The summed E-state index contributed by atoms with van der Waals surface area (Å²) in [5, 5.41) is 13.6. The first kappa shape index (κ1) is 16.3. The number of hydrogen-bond acceptors (Lipinski definition) is 4. The Morgan fingerprint density at radius 3 is 2.52 bits per heavy atom. The third kappa shape index (κ3) is 3.67. The van der Waals surface area contributed by atoms with E-state index in [1.54, 1.807) is 12.1 Å². The van der Waals surface area contributed by atoms with Gasteiger partial charge in [-0.05, 0) is 43.2 Å². The lowest BCUT2D eigenvalue weighted by Gasteiger charge is -2.28. The van der Waals surface area contributed by atoms with Gasteiger partial charge in [0.05, 0.1) is 24.0 Å². The molecule has 1 aromatic carbocycles. The van der Waals surface area contributed by atoms with E-state index in [0.717, 1.165) is 6.07 Å². The maximum atomic E-state index is 13.5. The number of benzene rings is 1. The van der Waals surface area contributed by atoms with E-state index in [0.29, 0.717) is 42.5 Å². The third-order valence-electron chi connectivity index (χ3n) is 4.45. The van der Waals surface area contributed by atoms with Gasteiger partial charge in [-0.3, -0.25) is 5.43 Å². The lowest BCUT2D eigenvalue weighted by Crippen LogP contribution is -2.27. The lowest BCUT2D eigenvalue weighted by atomic mass is 9.80. The molecular weight excluding hydrogens is 309 g/mol. The van der Waals surface area contributed by atoms with Crippen LogP contribution in [0, 0.1) is 0 Å². The number of aliphatic hydroxyl groups is 1. The van der Waals surface area contributed by atoms with Crippen molar-refractivity contribution in [3.05, 3.63) is 34.9 Å². The molecule has 2 aliphatic rings. The van der Waals surface area contributed by atoms with Crippen molar-refractivity contribution in [2.24, 2.45) is 5.10 Å². The van der Waals surface area contributed by atoms with E-state index in [4.69, 9.17) is 4.74 Å². The summed E-state index contributed by atoms with van der Waals surface area (Å²) in [6, 6.07) is 4.39. The highest BCUT2D eigenvalue weighted by Gasteiger charge is 2.36. The van der Waals surface area contributed by atoms with Crippen LogP contribution in [0.3, 0.4) is 0 Å². The van der Waals surface area contributed by atoms with Gasteiger partial charge in [-0.1, -0.05) is 12.1 Å². The van der Waals surface area contributed by atoms with Gasteiger partial charge in [-0.15, -0.1) is 0 Å². The minimum Gasteiger partial charge on any atom is -0.393 e. The smallest absolute Gasteiger partial charge is 0.393 e. The number of halogens is 3. The van der Waals surface area contributed by atoms with Gasteiger partial charge in [0.1, 0.15) is 6.73 Å². The normalized spacial score (nSPS) is 25.7. The molecule has 0 saturated heterocycles. The zero-order valence-corrected chi connectivity index (χ0v) is 12.6. The fourth-order valence-corrected chi connectivity index (χ4v) is 3.23. The molecule has 0 atom stereocenters. The largest absolute Gasteiger partial charge is 0.416 e. The van der Waals surface area contributed by atoms with E-state index in [-0.39, 0.29) is 25.4 Å². The Balaban J connectivity index is 1.94. The number of nitrogens with zero attached hydrogens (tertiary/aromatic N) is 1. The molecule has 0 spiro atoms. The first-order chi connectivity index (χ1) is 10.9. The van der Waals surface area contributed by atoms with Crippen LogP contribution in [-0.4, -0.2) is 30.3 Å². The Kier molecular flexibility index (Phi) is 4.59. The van der Waals surface area contributed by atoms with Crippen LogP contribution >= 0.6 is 0 Å². The topological polar surface area (TPSA) is 53.9 Å². The summed E-state index contributed by atoms with van der Waals surface area (Å²) < 4.78 is 45.6. The average molecular weight is 328 g/mol. The fourth-order valence-electron chi connectivity index (χ4n) is 3.23. The summed E-state index contributed by atoms with van der Waals surface area (Å²) in [5.74, 6) is -0.160. The molecule has 0 bridgehead atoms. The maximum Gasteiger partial charge on any atom is 0.416 e. The molecule has 4 nitrogen and oxygen atoms in total. The predicted octanol–water partition coefficient (Wildman–Crippen LogP) is 3.01. The maximum absolute atomic E-state index is 13.5. The molecule has 0 radical (unpaired) electrons. The Hall–Kier alpha value is -1.60. The molecule has 126 valence electrons. The van der Waals surface area contributed by atoms with Crippen molar-refractivity contribution in [1.82, 2.24) is 5.43 Å². The quantitative estimate of drug-likeness (QED) is 0.877. The van der Waals surface area contributed by atoms with E-state index in [2.05, 4.69) is 10.5 Å². The second kappa shape index (κ2) is 6.49. The Labute approximate surface area is 132 Å². The zero-order valence-electron chi connectivity index (χ0n) is 12.6. The predicted molar refractivity (Wildman–Crippen MR) is 79.2 cm³/mol. The summed E-state index contributed by atoms with van der Waals surface area (Å²) >= 11 is 0. The second-order valence-corrected chi connectivity index (χ2v) is 6.01. The van der Waals surface area contributed by atoms with Gasteiger partial charge in [-0.25, -0.2) is 0 Å². The second-order valence-electron chi connectivity index (χ2n) is 6.01. The SMILES string of the molecule is O[C@H]1CC[C@H](c2ccc(C3=NNCOC3)cc2C(F)(F)F)CC1.